The number of nitrogens with zero attached hydrogens (tertiary/aromatic N) is 3. The number of amides is 2. The van der Waals surface area contributed by atoms with Crippen LogP contribution >= 0.6 is 0 Å². The predicted molar refractivity (Wildman–Crippen MR) is 87.7 cm³/mol. The first-order chi connectivity index (χ1) is 12.1. The van der Waals surface area contributed by atoms with Crippen LogP contribution in [-0.4, -0.2) is 39.8 Å². The highest BCUT2D eigenvalue weighted by molar-refractivity contribution is 6.01. The lowest BCUT2D eigenvalue weighted by molar-refractivity contribution is -0.123. The van der Waals surface area contributed by atoms with Crippen LogP contribution in [0.5, 0.6) is 11.5 Å². The Labute approximate surface area is 143 Å². The molecule has 2 N–H and O–H groups in total. The molecule has 2 aliphatic rings. The molecule has 9 heteroatoms. The van der Waals surface area contributed by atoms with Crippen molar-refractivity contribution in [3.8, 4) is 11.5 Å². The lowest BCUT2D eigenvalue weighted by Gasteiger charge is -2.19. The van der Waals surface area contributed by atoms with Gasteiger partial charge in [0.1, 0.15) is 19.3 Å². The topological polar surface area (TPSA) is 107 Å². The maximum atomic E-state index is 12.3. The summed E-state index contributed by atoms with van der Waals surface area (Å²) in [5.74, 6) is 1.69. The predicted octanol–water partition coefficient (Wildman–Crippen LogP) is 1.13. The Kier molecular flexibility index (Phi) is 3.75. The first-order valence-electron chi connectivity index (χ1n) is 8.10. The van der Waals surface area contributed by atoms with Gasteiger partial charge in [-0.2, -0.15) is 10.1 Å². The van der Waals surface area contributed by atoms with Crippen molar-refractivity contribution >= 4 is 23.5 Å². The molecular weight excluding hydrogens is 326 g/mol. The van der Waals surface area contributed by atoms with Gasteiger partial charge in [0.15, 0.2) is 17.3 Å². The molecule has 0 spiro atoms. The van der Waals surface area contributed by atoms with Crippen LogP contribution in [-0.2, 0) is 16.0 Å². The van der Waals surface area contributed by atoms with E-state index in [1.165, 1.54) is 4.68 Å². The molecule has 3 heterocycles. The average Bonchev–Trinajstić information content (AvgIpc) is 3.13. The van der Waals surface area contributed by atoms with Gasteiger partial charge in [0.2, 0.25) is 11.9 Å². The normalized spacial score (nSPS) is 17.8. The number of carbonyl (C=O) groups excluding carboxylic acids is 2. The first kappa shape index (κ1) is 15.4. The van der Waals surface area contributed by atoms with E-state index in [9.17, 15) is 9.59 Å². The van der Waals surface area contributed by atoms with Gasteiger partial charge in [0.05, 0.1) is 6.42 Å². The fourth-order valence-electron chi connectivity index (χ4n) is 2.81. The number of benzene rings is 1. The molecule has 1 aromatic carbocycles. The Balaban J connectivity index is 1.46. The van der Waals surface area contributed by atoms with Gasteiger partial charge in [-0.05, 0) is 12.1 Å². The number of ether oxygens (including phenoxy) is 2. The van der Waals surface area contributed by atoms with E-state index >= 15 is 0 Å². The zero-order chi connectivity index (χ0) is 17.4. The van der Waals surface area contributed by atoms with E-state index in [0.29, 0.717) is 48.6 Å². The van der Waals surface area contributed by atoms with Gasteiger partial charge in [-0.1, -0.05) is 6.92 Å². The van der Waals surface area contributed by atoms with Crippen molar-refractivity contribution in [2.45, 2.75) is 25.8 Å². The second-order valence-corrected chi connectivity index (χ2v) is 5.77. The molecule has 0 aliphatic carbocycles. The monoisotopic (exact) mass is 343 g/mol. The fraction of sp³-hybridized carbons (Fsp3) is 0.375. The van der Waals surface area contributed by atoms with E-state index in [1.807, 2.05) is 6.92 Å². The van der Waals surface area contributed by atoms with Crippen LogP contribution in [0.3, 0.4) is 0 Å². The zero-order valence-electron chi connectivity index (χ0n) is 13.6. The number of hydrogen-bond acceptors (Lipinski definition) is 6. The van der Waals surface area contributed by atoms with Crippen LogP contribution in [0.25, 0.3) is 0 Å². The van der Waals surface area contributed by atoms with Crippen molar-refractivity contribution in [1.82, 2.24) is 14.8 Å². The molecule has 0 saturated heterocycles. The van der Waals surface area contributed by atoms with Crippen molar-refractivity contribution in [1.29, 1.82) is 0 Å². The summed E-state index contributed by atoms with van der Waals surface area (Å²) in [5.41, 5.74) is 0.584. The van der Waals surface area contributed by atoms with Crippen molar-refractivity contribution in [2.24, 2.45) is 0 Å². The van der Waals surface area contributed by atoms with E-state index in [0.717, 1.165) is 0 Å². The van der Waals surface area contributed by atoms with Crippen LogP contribution in [0, 0.1) is 0 Å². The Morgan fingerprint density at radius 3 is 2.96 bits per heavy atom. The van der Waals surface area contributed by atoms with E-state index < -0.39 is 6.04 Å². The average molecular weight is 343 g/mol. The van der Waals surface area contributed by atoms with Gasteiger partial charge < -0.3 is 14.8 Å². The zero-order valence-corrected chi connectivity index (χ0v) is 13.6. The third kappa shape index (κ3) is 2.88. The molecule has 2 amide bonds. The second kappa shape index (κ2) is 6.08. The maximum absolute atomic E-state index is 12.3. The van der Waals surface area contributed by atoms with Crippen molar-refractivity contribution < 1.29 is 19.1 Å². The van der Waals surface area contributed by atoms with Gasteiger partial charge >= 0.3 is 0 Å². The van der Waals surface area contributed by atoms with Gasteiger partial charge in [-0.15, -0.1) is 0 Å². The van der Waals surface area contributed by atoms with E-state index in [1.54, 1.807) is 18.2 Å². The summed E-state index contributed by atoms with van der Waals surface area (Å²) in [6, 6.07) is 4.49. The van der Waals surface area contributed by atoms with Crippen LogP contribution in [0.2, 0.25) is 0 Å². The molecule has 4 rings (SSSR count). The second-order valence-electron chi connectivity index (χ2n) is 5.77. The largest absolute Gasteiger partial charge is 0.486 e. The Morgan fingerprint density at radius 2 is 2.16 bits per heavy atom. The number of anilines is 2. The summed E-state index contributed by atoms with van der Waals surface area (Å²) in [6.45, 7) is 2.91. The van der Waals surface area contributed by atoms with Crippen molar-refractivity contribution in [3.63, 3.8) is 0 Å². The molecule has 25 heavy (non-hydrogen) atoms. The van der Waals surface area contributed by atoms with Crippen LogP contribution < -0.4 is 20.1 Å². The standard InChI is InChI=1S/C16H17N5O4/c1-2-13-18-16-19-15(23)10(21(16)20-13)8-14(22)17-9-3-4-11-12(7-9)25-6-5-24-11/h3-4,7,10H,2,5-6,8H2,1H3,(H,17,22)(H,18,19,20,23)/t10-/m0/s1. The Bertz CT molecular complexity index is 847. The number of nitrogens with one attached hydrogen (secondary N) is 2. The van der Waals surface area contributed by atoms with E-state index in [-0.39, 0.29) is 18.2 Å². The smallest absolute Gasteiger partial charge is 0.252 e. The van der Waals surface area contributed by atoms with Crippen LogP contribution in [0.4, 0.5) is 11.6 Å². The minimum Gasteiger partial charge on any atom is -0.486 e. The number of fused-ring (bicyclic) bond motifs is 2. The fourth-order valence-corrected chi connectivity index (χ4v) is 2.81. The lowest BCUT2D eigenvalue weighted by atomic mass is 10.2. The molecule has 9 nitrogen and oxygen atoms in total. The van der Waals surface area contributed by atoms with E-state index in [4.69, 9.17) is 9.47 Å². The minimum atomic E-state index is -0.694. The highest BCUT2D eigenvalue weighted by atomic mass is 16.6. The molecule has 1 aromatic heterocycles. The third-order valence-corrected chi connectivity index (χ3v) is 4.03. The quantitative estimate of drug-likeness (QED) is 0.862. The summed E-state index contributed by atoms with van der Waals surface area (Å²) in [6.07, 6.45) is 0.631. The lowest BCUT2D eigenvalue weighted by Crippen LogP contribution is -2.24. The minimum absolute atomic E-state index is 0.0280. The highest BCUT2D eigenvalue weighted by Gasteiger charge is 2.34. The van der Waals surface area contributed by atoms with Crippen molar-refractivity contribution in [2.75, 3.05) is 23.8 Å². The number of aryl methyl sites for hydroxylation is 1. The highest BCUT2D eigenvalue weighted by Crippen LogP contribution is 2.33. The van der Waals surface area contributed by atoms with Gasteiger partial charge in [-0.25, -0.2) is 4.68 Å². The molecule has 0 bridgehead atoms. The van der Waals surface area contributed by atoms with Gasteiger partial charge in [0, 0.05) is 18.2 Å². The summed E-state index contributed by atoms with van der Waals surface area (Å²) in [7, 11) is 0. The summed E-state index contributed by atoms with van der Waals surface area (Å²) in [4.78, 5) is 28.6. The molecule has 0 unspecified atom stereocenters. The molecule has 2 aliphatic heterocycles. The summed E-state index contributed by atoms with van der Waals surface area (Å²) in [5, 5.41) is 9.69. The summed E-state index contributed by atoms with van der Waals surface area (Å²) >= 11 is 0. The number of carbonyl (C=O) groups is 2. The molecule has 0 saturated carbocycles. The van der Waals surface area contributed by atoms with Gasteiger partial charge in [0.25, 0.3) is 5.91 Å². The third-order valence-electron chi connectivity index (χ3n) is 4.03. The van der Waals surface area contributed by atoms with Crippen LogP contribution in [0.1, 0.15) is 25.2 Å². The number of rotatable bonds is 4. The van der Waals surface area contributed by atoms with Gasteiger partial charge in [-0.3, -0.25) is 14.9 Å². The Morgan fingerprint density at radius 1 is 1.36 bits per heavy atom. The molecule has 130 valence electrons. The molecule has 2 aromatic rings. The maximum Gasteiger partial charge on any atom is 0.252 e. The Hall–Kier alpha value is -3.10. The molecule has 0 fully saturated rings. The first-order valence-corrected chi connectivity index (χ1v) is 8.10. The summed E-state index contributed by atoms with van der Waals surface area (Å²) < 4.78 is 12.4. The number of aromatic nitrogens is 3. The number of hydrogen-bond donors (Lipinski definition) is 2. The molecule has 0 radical (unpaired) electrons. The van der Waals surface area contributed by atoms with E-state index in [2.05, 4.69) is 20.7 Å². The van der Waals surface area contributed by atoms with Crippen molar-refractivity contribution in [3.05, 3.63) is 24.0 Å². The molecule has 1 atom stereocenters. The van der Waals surface area contributed by atoms with Crippen LogP contribution in [0.15, 0.2) is 18.2 Å². The molecular formula is C16H17N5O4. The SMILES string of the molecule is CCc1nc2n(n1)[C@@H](CC(=O)Nc1ccc3c(c1)OCCO3)C(=O)N2.